The van der Waals surface area contributed by atoms with Crippen molar-refractivity contribution < 1.29 is 14.4 Å². The highest BCUT2D eigenvalue weighted by Gasteiger charge is 2.18. The van der Waals surface area contributed by atoms with Gasteiger partial charge in [-0.25, -0.2) is 0 Å². The van der Waals surface area contributed by atoms with Crippen LogP contribution in [0.3, 0.4) is 0 Å². The van der Waals surface area contributed by atoms with Gasteiger partial charge in [0.2, 0.25) is 5.91 Å². The van der Waals surface area contributed by atoms with Crippen LogP contribution in [0.5, 0.6) is 0 Å². The Bertz CT molecular complexity index is 1590. The van der Waals surface area contributed by atoms with E-state index in [1.807, 2.05) is 44.2 Å². The molecule has 1 atom stereocenters. The topological polar surface area (TPSA) is 87.3 Å². The number of rotatable bonds is 9. The third-order valence-corrected chi connectivity index (χ3v) is 7.63. The van der Waals surface area contributed by atoms with Gasteiger partial charge in [-0.3, -0.25) is 14.4 Å². The van der Waals surface area contributed by atoms with Crippen molar-refractivity contribution >= 4 is 70.1 Å². The minimum absolute atomic E-state index is 0.0437. The second kappa shape index (κ2) is 14.0. The van der Waals surface area contributed by atoms with Crippen molar-refractivity contribution in [1.29, 1.82) is 0 Å². The van der Waals surface area contributed by atoms with E-state index in [4.69, 9.17) is 23.2 Å². The molecule has 3 amide bonds. The summed E-state index contributed by atoms with van der Waals surface area (Å²) >= 11 is 14.0. The average molecular weight is 605 g/mol. The molecule has 4 aromatic carbocycles. The van der Waals surface area contributed by atoms with E-state index in [1.54, 1.807) is 66.7 Å². The Morgan fingerprint density at radius 2 is 1.41 bits per heavy atom. The van der Waals surface area contributed by atoms with Crippen LogP contribution in [-0.4, -0.2) is 23.0 Å². The molecule has 0 radical (unpaired) electrons. The van der Waals surface area contributed by atoms with Crippen LogP contribution in [0, 0.1) is 6.92 Å². The summed E-state index contributed by atoms with van der Waals surface area (Å²) in [5.74, 6) is -1.17. The molecular formula is C32H27Cl2N3O3S. The van der Waals surface area contributed by atoms with Gasteiger partial charge in [-0.15, -0.1) is 11.8 Å². The Labute approximate surface area is 253 Å². The third kappa shape index (κ3) is 8.47. The fraction of sp³-hybridized carbons (Fsp3) is 0.0938. The predicted molar refractivity (Wildman–Crippen MR) is 169 cm³/mol. The van der Waals surface area contributed by atoms with Crippen molar-refractivity contribution in [2.75, 3.05) is 10.6 Å². The average Bonchev–Trinajstić information content (AvgIpc) is 2.95. The van der Waals surface area contributed by atoms with Crippen LogP contribution in [0.2, 0.25) is 10.0 Å². The lowest BCUT2D eigenvalue weighted by Gasteiger charge is -2.14. The third-order valence-electron chi connectivity index (χ3n) is 5.88. The Kier molecular flexibility index (Phi) is 10.2. The van der Waals surface area contributed by atoms with Crippen molar-refractivity contribution in [3.8, 4) is 0 Å². The molecule has 208 valence electrons. The fourth-order valence-electron chi connectivity index (χ4n) is 3.81. The van der Waals surface area contributed by atoms with E-state index in [0.29, 0.717) is 26.9 Å². The van der Waals surface area contributed by atoms with Crippen molar-refractivity contribution in [2.24, 2.45) is 0 Å². The molecule has 4 rings (SSSR count). The van der Waals surface area contributed by atoms with Gasteiger partial charge in [0.05, 0.1) is 5.25 Å². The van der Waals surface area contributed by atoms with Crippen molar-refractivity contribution in [3.63, 3.8) is 0 Å². The van der Waals surface area contributed by atoms with Gasteiger partial charge in [-0.1, -0.05) is 65.7 Å². The van der Waals surface area contributed by atoms with Gasteiger partial charge in [-0.05, 0) is 80.1 Å². The first-order chi connectivity index (χ1) is 19.7. The summed E-state index contributed by atoms with van der Waals surface area (Å²) in [4.78, 5) is 39.9. The number of benzene rings is 4. The first-order valence-corrected chi connectivity index (χ1v) is 14.3. The highest BCUT2D eigenvalue weighted by molar-refractivity contribution is 8.00. The number of carbonyl (C=O) groups is 3. The van der Waals surface area contributed by atoms with E-state index in [0.717, 1.165) is 16.1 Å². The summed E-state index contributed by atoms with van der Waals surface area (Å²) < 4.78 is 0. The lowest BCUT2D eigenvalue weighted by atomic mass is 10.1. The van der Waals surface area contributed by atoms with Gasteiger partial charge in [0.1, 0.15) is 5.70 Å². The van der Waals surface area contributed by atoms with Crippen LogP contribution < -0.4 is 16.0 Å². The number of hydrogen-bond donors (Lipinski definition) is 3. The molecule has 0 aliphatic carbocycles. The second-order valence-corrected chi connectivity index (χ2v) is 11.3. The van der Waals surface area contributed by atoms with Crippen molar-refractivity contribution in [3.05, 3.63) is 129 Å². The minimum atomic E-state index is -0.572. The lowest BCUT2D eigenvalue weighted by Crippen LogP contribution is -2.30. The van der Waals surface area contributed by atoms with E-state index < -0.39 is 17.1 Å². The number of thioether (sulfide) groups is 1. The predicted octanol–water partition coefficient (Wildman–Crippen LogP) is 7.83. The van der Waals surface area contributed by atoms with Crippen LogP contribution in [-0.2, 0) is 9.59 Å². The molecule has 6 nitrogen and oxygen atoms in total. The van der Waals surface area contributed by atoms with Crippen LogP contribution in [0.25, 0.3) is 6.08 Å². The van der Waals surface area contributed by atoms with E-state index in [9.17, 15) is 14.4 Å². The summed E-state index contributed by atoms with van der Waals surface area (Å²) in [7, 11) is 0. The number of aryl methyl sites for hydroxylation is 1. The molecule has 0 aromatic heterocycles. The first-order valence-electron chi connectivity index (χ1n) is 12.7. The van der Waals surface area contributed by atoms with Gasteiger partial charge in [-0.2, -0.15) is 0 Å². The summed E-state index contributed by atoms with van der Waals surface area (Å²) in [6.07, 6.45) is 1.44. The molecule has 0 aliphatic rings. The van der Waals surface area contributed by atoms with E-state index >= 15 is 0 Å². The summed E-state index contributed by atoms with van der Waals surface area (Å²) in [6.45, 7) is 3.78. The largest absolute Gasteiger partial charge is 0.325 e. The zero-order chi connectivity index (χ0) is 29.4. The monoisotopic (exact) mass is 603 g/mol. The number of anilines is 2. The Morgan fingerprint density at radius 3 is 2.10 bits per heavy atom. The van der Waals surface area contributed by atoms with Crippen LogP contribution >= 0.6 is 35.0 Å². The Morgan fingerprint density at radius 1 is 0.780 bits per heavy atom. The number of halogens is 2. The van der Waals surface area contributed by atoms with Gasteiger partial charge >= 0.3 is 0 Å². The molecule has 0 spiro atoms. The number of carbonyl (C=O) groups excluding carboxylic acids is 3. The summed E-state index contributed by atoms with van der Waals surface area (Å²) in [6, 6.07) is 28.2. The van der Waals surface area contributed by atoms with Gasteiger partial charge in [0.15, 0.2) is 0 Å². The van der Waals surface area contributed by atoms with Crippen molar-refractivity contribution in [1.82, 2.24) is 5.32 Å². The lowest BCUT2D eigenvalue weighted by molar-refractivity contribution is -0.115. The molecule has 0 heterocycles. The maximum absolute atomic E-state index is 13.4. The van der Waals surface area contributed by atoms with Crippen LogP contribution in [0.15, 0.2) is 108 Å². The van der Waals surface area contributed by atoms with E-state index in [2.05, 4.69) is 16.0 Å². The molecule has 4 aromatic rings. The smallest absolute Gasteiger partial charge is 0.272 e. The van der Waals surface area contributed by atoms with Crippen molar-refractivity contribution in [2.45, 2.75) is 24.0 Å². The molecule has 1 unspecified atom stereocenters. The molecule has 0 aliphatic heterocycles. The SMILES string of the molecule is Cc1cccc(NC(=O)C(C)Sc2cccc(NC(=O)/C(=C\c3c(Cl)cccc3Cl)NC(=O)c3ccccc3)c2)c1. The molecule has 0 bridgehead atoms. The van der Waals surface area contributed by atoms with Gasteiger partial charge in [0, 0.05) is 37.4 Å². The first kappa shape index (κ1) is 29.9. The molecule has 0 saturated carbocycles. The molecule has 0 fully saturated rings. The number of hydrogen-bond acceptors (Lipinski definition) is 4. The van der Waals surface area contributed by atoms with Gasteiger partial charge in [0.25, 0.3) is 11.8 Å². The van der Waals surface area contributed by atoms with E-state index in [-0.39, 0.29) is 11.6 Å². The minimum Gasteiger partial charge on any atom is -0.325 e. The highest BCUT2D eigenvalue weighted by Crippen LogP contribution is 2.28. The molecule has 0 saturated heterocycles. The molecule has 9 heteroatoms. The zero-order valence-electron chi connectivity index (χ0n) is 22.3. The molecule has 41 heavy (non-hydrogen) atoms. The normalized spacial score (nSPS) is 11.9. The van der Waals surface area contributed by atoms with Crippen LogP contribution in [0.4, 0.5) is 11.4 Å². The maximum Gasteiger partial charge on any atom is 0.272 e. The van der Waals surface area contributed by atoms with Gasteiger partial charge < -0.3 is 16.0 Å². The Hall–Kier alpha value is -4.04. The summed E-state index contributed by atoms with van der Waals surface area (Å²) in [5, 5.41) is 8.69. The number of amides is 3. The molecule has 3 N–H and O–H groups in total. The highest BCUT2D eigenvalue weighted by atomic mass is 35.5. The standard InChI is InChI=1S/C32H27Cl2N3O3S/c1-20-9-6-12-23(17-20)35-30(38)21(2)41-25-14-7-13-24(18-25)36-32(40)29(19-26-27(33)15-8-16-28(26)34)37-31(39)22-10-4-3-5-11-22/h3-19,21H,1-2H3,(H,35,38)(H,36,40)(H,37,39)/b29-19+. The quantitative estimate of drug-likeness (QED) is 0.134. The second-order valence-electron chi connectivity index (χ2n) is 9.11. The number of nitrogens with one attached hydrogen (secondary N) is 3. The fourth-order valence-corrected chi connectivity index (χ4v) is 5.24. The maximum atomic E-state index is 13.4. The Balaban J connectivity index is 1.51. The summed E-state index contributed by atoms with van der Waals surface area (Å²) in [5.41, 5.74) is 3.00. The van der Waals surface area contributed by atoms with Crippen LogP contribution in [0.1, 0.15) is 28.4 Å². The molecular weight excluding hydrogens is 577 g/mol. The zero-order valence-corrected chi connectivity index (χ0v) is 24.6. The van der Waals surface area contributed by atoms with E-state index in [1.165, 1.54) is 17.8 Å².